The number of aliphatic hydroxyl groups excluding tert-OH is 2. The SMILES string of the molecule is CN1C(=O)[C@]2(CCC(O)CO)C[C@H]3C(C)(C)[C@@]4(C[C@@]31CN2)C(=O)Nc1c4ccc2c1OC=CC(C)(C)O2. The van der Waals surface area contributed by atoms with E-state index < -0.39 is 33.6 Å². The monoisotopic (exact) mass is 511 g/mol. The number of hydrogen-bond donors (Lipinski definition) is 4. The van der Waals surface area contributed by atoms with Gasteiger partial charge in [0.05, 0.1) is 41.2 Å². The Balaban J connectivity index is 1.45. The van der Waals surface area contributed by atoms with Gasteiger partial charge in [0.2, 0.25) is 11.8 Å². The predicted molar refractivity (Wildman–Crippen MR) is 136 cm³/mol. The molecule has 1 aromatic carbocycles. The van der Waals surface area contributed by atoms with E-state index in [2.05, 4.69) is 24.5 Å². The number of rotatable bonds is 4. The maximum absolute atomic E-state index is 14.1. The number of fused-ring (bicyclic) bond motifs is 6. The fourth-order valence-corrected chi connectivity index (χ4v) is 8.09. The second-order valence-corrected chi connectivity index (χ2v) is 12.7. The van der Waals surface area contributed by atoms with E-state index in [1.165, 1.54) is 0 Å². The molecule has 9 heteroatoms. The fraction of sp³-hybridized carbons (Fsp3) is 0.643. The molecule has 1 aromatic rings. The minimum atomic E-state index is -0.866. The van der Waals surface area contributed by atoms with Crippen molar-refractivity contribution < 1.29 is 29.3 Å². The van der Waals surface area contributed by atoms with Gasteiger partial charge in [-0.25, -0.2) is 0 Å². The van der Waals surface area contributed by atoms with Crippen molar-refractivity contribution in [3.05, 3.63) is 30.0 Å². The molecule has 37 heavy (non-hydrogen) atoms. The van der Waals surface area contributed by atoms with E-state index in [0.717, 1.165) is 5.56 Å². The largest absolute Gasteiger partial charge is 0.480 e. The molecule has 200 valence electrons. The van der Waals surface area contributed by atoms with Gasteiger partial charge in [-0.3, -0.25) is 9.59 Å². The summed E-state index contributed by atoms with van der Waals surface area (Å²) in [7, 11) is 1.86. The molecule has 1 saturated carbocycles. The van der Waals surface area contributed by atoms with E-state index in [-0.39, 0.29) is 24.3 Å². The van der Waals surface area contributed by atoms with Crippen LogP contribution in [0.15, 0.2) is 24.5 Å². The summed E-state index contributed by atoms with van der Waals surface area (Å²) in [5.41, 5.74) is -1.72. The van der Waals surface area contributed by atoms with Crippen molar-refractivity contribution in [3.63, 3.8) is 0 Å². The average Bonchev–Trinajstić information content (AvgIpc) is 3.17. The van der Waals surface area contributed by atoms with Gasteiger partial charge >= 0.3 is 0 Å². The lowest BCUT2D eigenvalue weighted by Crippen LogP contribution is -2.79. The Kier molecular flexibility index (Phi) is 5.00. The quantitative estimate of drug-likeness (QED) is 0.488. The zero-order valence-electron chi connectivity index (χ0n) is 22.2. The third kappa shape index (κ3) is 2.96. The third-order valence-electron chi connectivity index (χ3n) is 10.2. The molecule has 0 radical (unpaired) electrons. The van der Waals surface area contributed by atoms with Crippen LogP contribution in [-0.4, -0.2) is 69.9 Å². The third-order valence-corrected chi connectivity index (χ3v) is 10.2. The van der Waals surface area contributed by atoms with E-state index in [9.17, 15) is 19.8 Å². The molecule has 5 aliphatic heterocycles. The number of benzene rings is 1. The van der Waals surface area contributed by atoms with E-state index in [1.54, 1.807) is 6.26 Å². The molecule has 4 N–H and O–H groups in total. The summed E-state index contributed by atoms with van der Waals surface area (Å²) in [5, 5.41) is 26.1. The Morgan fingerprint density at radius 3 is 2.70 bits per heavy atom. The first-order valence-corrected chi connectivity index (χ1v) is 13.2. The standard InChI is InChI=1S/C28H37N3O6/c1-24(2)10-11-36-21-18(37-24)7-6-17-20(21)30-22(34)28(17)14-27-15-29-26(23(35)31(27)5,9-8-16(33)13-32)12-19(27)25(28,3)4/h6-7,10-11,16,19,29,32-33H,8-9,12-15H2,1-5H3,(H,30,34)/t16?,19-,26-,27+,28+/m0/s1. The Labute approximate surface area is 217 Å². The van der Waals surface area contributed by atoms with Crippen LogP contribution in [-0.2, 0) is 15.0 Å². The van der Waals surface area contributed by atoms with E-state index in [4.69, 9.17) is 9.47 Å². The first-order valence-electron chi connectivity index (χ1n) is 13.2. The predicted octanol–water partition coefficient (Wildman–Crippen LogP) is 2.06. The molecule has 2 bridgehead atoms. The molecule has 1 unspecified atom stereocenters. The van der Waals surface area contributed by atoms with Gasteiger partial charge in [-0.1, -0.05) is 19.9 Å². The van der Waals surface area contributed by atoms with Gasteiger partial charge in [-0.15, -0.1) is 0 Å². The van der Waals surface area contributed by atoms with Gasteiger partial charge in [0.15, 0.2) is 11.5 Å². The summed E-state index contributed by atoms with van der Waals surface area (Å²) >= 11 is 0. The highest BCUT2D eigenvalue weighted by molar-refractivity contribution is 6.09. The molecule has 5 heterocycles. The number of hydrogen-bond acceptors (Lipinski definition) is 7. The minimum Gasteiger partial charge on any atom is -0.480 e. The normalized spacial score (nSPS) is 36.8. The number of ether oxygens (including phenoxy) is 2. The van der Waals surface area contributed by atoms with Crippen LogP contribution >= 0.6 is 0 Å². The first-order chi connectivity index (χ1) is 17.3. The number of amides is 2. The molecule has 2 amide bonds. The molecule has 2 spiro atoms. The molecular weight excluding hydrogens is 474 g/mol. The highest BCUT2D eigenvalue weighted by Crippen LogP contribution is 2.70. The van der Waals surface area contributed by atoms with E-state index in [1.807, 2.05) is 44.0 Å². The van der Waals surface area contributed by atoms with Crippen molar-refractivity contribution in [1.82, 2.24) is 10.2 Å². The molecule has 1 aliphatic carbocycles. The van der Waals surface area contributed by atoms with Gasteiger partial charge in [0.25, 0.3) is 0 Å². The van der Waals surface area contributed by atoms with Crippen molar-refractivity contribution in [1.29, 1.82) is 0 Å². The fourth-order valence-electron chi connectivity index (χ4n) is 8.09. The van der Waals surface area contributed by atoms with Gasteiger partial charge in [-0.2, -0.15) is 0 Å². The van der Waals surface area contributed by atoms with Gasteiger partial charge in [0.1, 0.15) is 5.60 Å². The van der Waals surface area contributed by atoms with Crippen LogP contribution in [0.4, 0.5) is 5.69 Å². The van der Waals surface area contributed by atoms with Crippen molar-refractivity contribution in [3.8, 4) is 11.5 Å². The molecule has 7 rings (SSSR count). The van der Waals surface area contributed by atoms with Crippen LogP contribution in [0.5, 0.6) is 11.5 Å². The van der Waals surface area contributed by atoms with Gasteiger partial charge in [0, 0.05) is 13.6 Å². The summed E-state index contributed by atoms with van der Waals surface area (Å²) in [6.07, 6.45) is 4.42. The maximum Gasteiger partial charge on any atom is 0.243 e. The lowest BCUT2D eigenvalue weighted by molar-refractivity contribution is -0.167. The minimum absolute atomic E-state index is 0.00218. The number of likely N-dealkylation sites (N-methyl/N-ethyl adjacent to an activating group) is 1. The summed E-state index contributed by atoms with van der Waals surface area (Å²) < 4.78 is 12.2. The van der Waals surface area contributed by atoms with Crippen molar-refractivity contribution in [2.24, 2.45) is 11.3 Å². The molecule has 6 aliphatic rings. The van der Waals surface area contributed by atoms with E-state index >= 15 is 0 Å². The second kappa shape index (κ2) is 7.48. The van der Waals surface area contributed by atoms with Crippen LogP contribution in [0, 0.1) is 11.3 Å². The van der Waals surface area contributed by atoms with Crippen LogP contribution in [0.1, 0.15) is 58.9 Å². The molecule has 5 atom stereocenters. The topological polar surface area (TPSA) is 120 Å². The van der Waals surface area contributed by atoms with Crippen molar-refractivity contribution in [2.75, 3.05) is 25.5 Å². The summed E-state index contributed by atoms with van der Waals surface area (Å²) in [5.74, 6) is 1.05. The van der Waals surface area contributed by atoms with Crippen molar-refractivity contribution >= 4 is 17.5 Å². The Morgan fingerprint density at radius 1 is 1.22 bits per heavy atom. The summed E-state index contributed by atoms with van der Waals surface area (Å²) in [6.45, 7) is 8.45. The number of carbonyl (C=O) groups is 2. The van der Waals surface area contributed by atoms with Crippen LogP contribution in [0.3, 0.4) is 0 Å². The average molecular weight is 512 g/mol. The number of aliphatic hydroxyl groups is 2. The molecular formula is C28H37N3O6. The number of piperazine rings is 1. The molecule has 9 nitrogen and oxygen atoms in total. The Bertz CT molecular complexity index is 1230. The number of anilines is 1. The summed E-state index contributed by atoms with van der Waals surface area (Å²) in [4.78, 5) is 29.7. The zero-order chi connectivity index (χ0) is 26.6. The van der Waals surface area contributed by atoms with E-state index in [0.29, 0.717) is 49.4 Å². The summed E-state index contributed by atoms with van der Waals surface area (Å²) in [6, 6.07) is 3.88. The maximum atomic E-state index is 14.1. The highest BCUT2D eigenvalue weighted by atomic mass is 16.5. The first kappa shape index (κ1) is 24.7. The number of carbonyl (C=O) groups excluding carboxylic acids is 2. The number of nitrogens with one attached hydrogen (secondary N) is 2. The molecule has 0 aromatic heterocycles. The molecule has 3 saturated heterocycles. The van der Waals surface area contributed by atoms with Crippen LogP contribution in [0.2, 0.25) is 0 Å². The van der Waals surface area contributed by atoms with Gasteiger partial charge < -0.3 is 35.2 Å². The number of nitrogens with zero attached hydrogens (tertiary/aromatic N) is 1. The van der Waals surface area contributed by atoms with Crippen LogP contribution < -0.4 is 20.1 Å². The lowest BCUT2D eigenvalue weighted by atomic mass is 9.57. The zero-order valence-corrected chi connectivity index (χ0v) is 22.2. The van der Waals surface area contributed by atoms with Crippen molar-refractivity contribution in [2.45, 2.75) is 81.6 Å². The smallest absolute Gasteiger partial charge is 0.243 e. The highest BCUT2D eigenvalue weighted by Gasteiger charge is 2.77. The van der Waals surface area contributed by atoms with Crippen LogP contribution in [0.25, 0.3) is 0 Å². The lowest BCUT2D eigenvalue weighted by Gasteiger charge is -2.62. The number of piperidine rings is 2. The Hall–Kier alpha value is -2.62. The Morgan fingerprint density at radius 2 is 1.97 bits per heavy atom. The second-order valence-electron chi connectivity index (χ2n) is 12.7. The molecule has 4 fully saturated rings. The van der Waals surface area contributed by atoms with Gasteiger partial charge in [-0.05, 0) is 68.6 Å².